The van der Waals surface area contributed by atoms with E-state index in [0.29, 0.717) is 16.9 Å². The molecule has 0 N–H and O–H groups in total. The molecule has 3 unspecified atom stereocenters. The van der Waals surface area contributed by atoms with Crippen LogP contribution < -0.4 is 0 Å². The largest absolute Gasteiger partial charge is 0.381 e. The van der Waals surface area contributed by atoms with Crippen molar-refractivity contribution in [3.05, 3.63) is 0 Å². The van der Waals surface area contributed by atoms with Crippen LogP contribution in [0.4, 0.5) is 0 Å². The Hall–Kier alpha value is -0.0800. The third-order valence-corrected chi connectivity index (χ3v) is 10.7. The zero-order valence-corrected chi connectivity index (χ0v) is 20.4. The molecule has 0 aromatic rings. The second-order valence-electron chi connectivity index (χ2n) is 12.4. The highest BCUT2D eigenvalue weighted by Gasteiger charge is 2.60. The molecule has 8 atom stereocenters. The fourth-order valence-corrected chi connectivity index (χ4v) is 9.03. The fourth-order valence-electron chi connectivity index (χ4n) is 9.03. The summed E-state index contributed by atoms with van der Waals surface area (Å²) in [5.74, 6) is 4.74. The van der Waals surface area contributed by atoms with Crippen LogP contribution in [0, 0.1) is 40.4 Å². The van der Waals surface area contributed by atoms with E-state index in [-0.39, 0.29) is 0 Å². The van der Waals surface area contributed by atoms with E-state index in [2.05, 4.69) is 39.6 Å². The topological polar surface area (TPSA) is 12.5 Å². The van der Waals surface area contributed by atoms with Crippen LogP contribution in [-0.4, -0.2) is 37.7 Å². The summed E-state index contributed by atoms with van der Waals surface area (Å²) < 4.78 is 5.79. The van der Waals surface area contributed by atoms with Crippen LogP contribution in [-0.2, 0) is 4.74 Å². The van der Waals surface area contributed by atoms with E-state index >= 15 is 0 Å². The smallest absolute Gasteiger partial charge is 0.0574 e. The van der Waals surface area contributed by atoms with Gasteiger partial charge in [0.15, 0.2) is 0 Å². The van der Waals surface area contributed by atoms with Crippen LogP contribution in [0.5, 0.6) is 0 Å². The van der Waals surface area contributed by atoms with Crippen LogP contribution in [0.15, 0.2) is 0 Å². The lowest BCUT2D eigenvalue weighted by molar-refractivity contribution is -0.132. The molecule has 0 saturated heterocycles. The Bertz CT molecular complexity index is 561. The first-order chi connectivity index (χ1) is 13.8. The Morgan fingerprint density at radius 1 is 0.931 bits per heavy atom. The van der Waals surface area contributed by atoms with Crippen LogP contribution in [0.3, 0.4) is 0 Å². The molecule has 0 aliphatic heterocycles. The Morgan fingerprint density at radius 3 is 2.38 bits per heavy atom. The van der Waals surface area contributed by atoms with E-state index in [1.165, 1.54) is 77.2 Å². The standard InChI is InChI=1S/C27H49NO/c1-19(2)8-7-17-28(5)25-12-11-23-22-10-9-20-18-21(29-6)13-15-26(20,3)24(22)14-16-27(23,25)4/h19-25H,7-18H2,1-6H3/t20?,21-,22-,23-,24-,25-,26?,27?/m0/s1. The van der Waals surface area contributed by atoms with Gasteiger partial charge in [0.25, 0.3) is 0 Å². The molecule has 0 amide bonds. The minimum Gasteiger partial charge on any atom is -0.381 e. The Morgan fingerprint density at radius 2 is 1.66 bits per heavy atom. The normalized spacial score (nSPS) is 47.2. The molecular weight excluding hydrogens is 354 g/mol. The van der Waals surface area contributed by atoms with E-state index < -0.39 is 0 Å². The lowest BCUT2D eigenvalue weighted by atomic mass is 9.45. The average molecular weight is 404 g/mol. The molecule has 4 saturated carbocycles. The average Bonchev–Trinajstić information content (AvgIpc) is 3.04. The maximum absolute atomic E-state index is 5.79. The van der Waals surface area contributed by atoms with Crippen LogP contribution in [0.1, 0.15) is 98.3 Å². The van der Waals surface area contributed by atoms with Crippen molar-refractivity contribution in [2.75, 3.05) is 20.7 Å². The molecule has 0 aromatic carbocycles. The molecule has 4 aliphatic carbocycles. The zero-order chi connectivity index (χ0) is 20.8. The third-order valence-electron chi connectivity index (χ3n) is 10.7. The second-order valence-corrected chi connectivity index (χ2v) is 12.4. The van der Waals surface area contributed by atoms with Gasteiger partial charge >= 0.3 is 0 Å². The van der Waals surface area contributed by atoms with E-state index in [9.17, 15) is 0 Å². The summed E-state index contributed by atoms with van der Waals surface area (Å²) in [7, 11) is 4.37. The van der Waals surface area contributed by atoms with Gasteiger partial charge in [-0.3, -0.25) is 0 Å². The number of methoxy groups -OCH3 is 1. The van der Waals surface area contributed by atoms with Gasteiger partial charge in [0.1, 0.15) is 0 Å². The van der Waals surface area contributed by atoms with Gasteiger partial charge in [0, 0.05) is 13.2 Å². The molecular formula is C27H49NO. The highest BCUT2D eigenvalue weighted by Crippen LogP contribution is 2.66. The van der Waals surface area contributed by atoms with Crippen molar-refractivity contribution in [3.63, 3.8) is 0 Å². The van der Waals surface area contributed by atoms with E-state index in [4.69, 9.17) is 4.74 Å². The van der Waals surface area contributed by atoms with Crippen molar-refractivity contribution >= 4 is 0 Å². The highest BCUT2D eigenvalue weighted by atomic mass is 16.5. The molecule has 168 valence electrons. The molecule has 0 radical (unpaired) electrons. The number of rotatable bonds is 6. The summed E-state index contributed by atoms with van der Waals surface area (Å²) >= 11 is 0. The monoisotopic (exact) mass is 403 g/mol. The maximum Gasteiger partial charge on any atom is 0.0574 e. The van der Waals surface area contributed by atoms with Gasteiger partial charge in [0.2, 0.25) is 0 Å². The molecule has 4 aliphatic rings. The number of ether oxygens (including phenoxy) is 1. The van der Waals surface area contributed by atoms with E-state index in [0.717, 1.165) is 35.6 Å². The molecule has 0 bridgehead atoms. The molecule has 4 rings (SSSR count). The summed E-state index contributed by atoms with van der Waals surface area (Å²) in [6, 6.07) is 0.829. The maximum atomic E-state index is 5.79. The summed E-state index contributed by atoms with van der Waals surface area (Å²) in [4.78, 5) is 2.78. The second kappa shape index (κ2) is 8.45. The van der Waals surface area contributed by atoms with Crippen molar-refractivity contribution in [2.24, 2.45) is 40.4 Å². The van der Waals surface area contributed by atoms with Crippen LogP contribution in [0.25, 0.3) is 0 Å². The first-order valence-electron chi connectivity index (χ1n) is 13.0. The molecule has 4 fully saturated rings. The van der Waals surface area contributed by atoms with Crippen molar-refractivity contribution < 1.29 is 4.74 Å². The number of nitrogens with zero attached hydrogens (tertiary/aromatic N) is 1. The van der Waals surface area contributed by atoms with Gasteiger partial charge in [-0.1, -0.05) is 27.7 Å². The minimum absolute atomic E-state index is 0.536. The predicted octanol–water partition coefficient (Wildman–Crippen LogP) is 6.78. The molecule has 29 heavy (non-hydrogen) atoms. The Labute approximate surface area is 181 Å². The fraction of sp³-hybridized carbons (Fsp3) is 1.00. The molecule has 0 heterocycles. The number of fused-ring (bicyclic) bond motifs is 5. The highest BCUT2D eigenvalue weighted by molar-refractivity contribution is 5.11. The Balaban J connectivity index is 1.45. The van der Waals surface area contributed by atoms with Gasteiger partial charge in [-0.2, -0.15) is 0 Å². The van der Waals surface area contributed by atoms with E-state index in [1.54, 1.807) is 0 Å². The lowest BCUT2D eigenvalue weighted by Gasteiger charge is -2.61. The summed E-state index contributed by atoms with van der Waals surface area (Å²) in [5.41, 5.74) is 1.17. The first-order valence-corrected chi connectivity index (χ1v) is 13.0. The van der Waals surface area contributed by atoms with Crippen molar-refractivity contribution in [1.82, 2.24) is 4.90 Å². The quantitative estimate of drug-likeness (QED) is 0.484. The van der Waals surface area contributed by atoms with Crippen molar-refractivity contribution in [2.45, 2.75) is 110 Å². The molecule has 0 aromatic heterocycles. The number of hydrogen-bond donors (Lipinski definition) is 0. The van der Waals surface area contributed by atoms with Gasteiger partial charge in [-0.05, 0) is 125 Å². The Kier molecular flexibility index (Phi) is 6.45. The first kappa shape index (κ1) is 22.1. The van der Waals surface area contributed by atoms with Crippen LogP contribution >= 0.6 is 0 Å². The van der Waals surface area contributed by atoms with Gasteiger partial charge in [0.05, 0.1) is 6.10 Å². The number of hydrogen-bond acceptors (Lipinski definition) is 2. The van der Waals surface area contributed by atoms with Crippen LogP contribution in [0.2, 0.25) is 0 Å². The zero-order valence-electron chi connectivity index (χ0n) is 20.4. The third kappa shape index (κ3) is 3.84. The van der Waals surface area contributed by atoms with Crippen molar-refractivity contribution in [3.8, 4) is 0 Å². The lowest BCUT2D eigenvalue weighted by Crippen LogP contribution is -2.56. The molecule has 0 spiro atoms. The van der Waals surface area contributed by atoms with Gasteiger partial charge in [-0.25, -0.2) is 0 Å². The SMILES string of the molecule is CO[C@H]1CCC2(C)C(CC[C@@H]3[C@@H]2CCC2(C)[C@@H](N(C)CCCC(C)C)CC[C@@H]32)C1. The molecule has 2 heteroatoms. The summed E-state index contributed by atoms with van der Waals surface area (Å²) in [6.07, 6.45) is 16.2. The van der Waals surface area contributed by atoms with Crippen molar-refractivity contribution in [1.29, 1.82) is 0 Å². The molecule has 2 nitrogen and oxygen atoms in total. The predicted molar refractivity (Wildman–Crippen MR) is 123 cm³/mol. The summed E-state index contributed by atoms with van der Waals surface area (Å²) in [6.45, 7) is 11.4. The summed E-state index contributed by atoms with van der Waals surface area (Å²) in [5, 5.41) is 0. The minimum atomic E-state index is 0.536. The van der Waals surface area contributed by atoms with E-state index in [1.807, 2.05) is 7.11 Å². The van der Waals surface area contributed by atoms with Gasteiger partial charge < -0.3 is 9.64 Å². The van der Waals surface area contributed by atoms with Gasteiger partial charge in [-0.15, -0.1) is 0 Å².